The summed E-state index contributed by atoms with van der Waals surface area (Å²) >= 11 is 1.89. The van der Waals surface area contributed by atoms with E-state index in [2.05, 4.69) is 36.7 Å². The zero-order valence-corrected chi connectivity index (χ0v) is 10.5. The molecule has 0 saturated heterocycles. The molecule has 1 saturated carbocycles. The maximum atomic E-state index is 3.71. The first-order valence-electron chi connectivity index (χ1n) is 6.07. The van der Waals surface area contributed by atoms with Gasteiger partial charge in [0.05, 0.1) is 0 Å². The van der Waals surface area contributed by atoms with Crippen LogP contribution in [0.25, 0.3) is 0 Å². The van der Waals surface area contributed by atoms with Crippen molar-refractivity contribution in [3.8, 4) is 0 Å². The SMILES string of the molecule is CCCNC(Cc1cccs1)C1CC1C. The summed E-state index contributed by atoms with van der Waals surface area (Å²) < 4.78 is 0. The highest BCUT2D eigenvalue weighted by atomic mass is 32.1. The molecule has 0 radical (unpaired) electrons. The van der Waals surface area contributed by atoms with Crippen LogP contribution in [0.2, 0.25) is 0 Å². The van der Waals surface area contributed by atoms with Gasteiger partial charge in [0, 0.05) is 10.9 Å². The molecule has 1 aliphatic rings. The van der Waals surface area contributed by atoms with Crippen molar-refractivity contribution < 1.29 is 0 Å². The van der Waals surface area contributed by atoms with Gasteiger partial charge in [-0.05, 0) is 49.1 Å². The quantitative estimate of drug-likeness (QED) is 0.780. The minimum atomic E-state index is 0.721. The Morgan fingerprint density at radius 3 is 2.93 bits per heavy atom. The summed E-state index contributed by atoms with van der Waals surface area (Å²) in [4.78, 5) is 1.53. The molecule has 1 N–H and O–H groups in total. The number of hydrogen-bond donors (Lipinski definition) is 1. The number of nitrogens with one attached hydrogen (secondary N) is 1. The second kappa shape index (κ2) is 5.13. The largest absolute Gasteiger partial charge is 0.313 e. The van der Waals surface area contributed by atoms with Crippen molar-refractivity contribution in [2.75, 3.05) is 6.54 Å². The molecule has 1 heterocycles. The van der Waals surface area contributed by atoms with Crippen LogP contribution in [-0.4, -0.2) is 12.6 Å². The van der Waals surface area contributed by atoms with E-state index in [9.17, 15) is 0 Å². The van der Waals surface area contributed by atoms with Gasteiger partial charge in [-0.15, -0.1) is 11.3 Å². The monoisotopic (exact) mass is 223 g/mol. The van der Waals surface area contributed by atoms with E-state index in [1.807, 2.05) is 11.3 Å². The summed E-state index contributed by atoms with van der Waals surface area (Å²) in [6.07, 6.45) is 3.89. The third-order valence-electron chi connectivity index (χ3n) is 3.35. The van der Waals surface area contributed by atoms with Crippen LogP contribution in [0.15, 0.2) is 17.5 Å². The summed E-state index contributed by atoms with van der Waals surface area (Å²) in [7, 11) is 0. The molecule has 15 heavy (non-hydrogen) atoms. The van der Waals surface area contributed by atoms with Crippen LogP contribution in [0.4, 0.5) is 0 Å². The lowest BCUT2D eigenvalue weighted by atomic mass is 10.1. The van der Waals surface area contributed by atoms with E-state index in [0.717, 1.165) is 17.9 Å². The van der Waals surface area contributed by atoms with E-state index in [1.54, 1.807) is 0 Å². The van der Waals surface area contributed by atoms with Gasteiger partial charge in [0.1, 0.15) is 0 Å². The molecule has 0 spiro atoms. The third-order valence-corrected chi connectivity index (χ3v) is 4.24. The lowest BCUT2D eigenvalue weighted by molar-refractivity contribution is 0.446. The van der Waals surface area contributed by atoms with E-state index < -0.39 is 0 Å². The molecule has 1 aromatic rings. The van der Waals surface area contributed by atoms with Crippen LogP contribution in [0.3, 0.4) is 0 Å². The Morgan fingerprint density at radius 2 is 2.40 bits per heavy atom. The minimum absolute atomic E-state index is 0.721. The third kappa shape index (κ3) is 3.05. The van der Waals surface area contributed by atoms with E-state index in [-0.39, 0.29) is 0 Å². The van der Waals surface area contributed by atoms with Gasteiger partial charge in [-0.3, -0.25) is 0 Å². The lowest BCUT2D eigenvalue weighted by Gasteiger charge is -2.17. The van der Waals surface area contributed by atoms with E-state index in [1.165, 1.54) is 30.7 Å². The Kier molecular flexibility index (Phi) is 3.81. The number of hydrogen-bond acceptors (Lipinski definition) is 2. The molecule has 0 aliphatic heterocycles. The van der Waals surface area contributed by atoms with Gasteiger partial charge < -0.3 is 5.32 Å². The first kappa shape index (κ1) is 11.2. The molecule has 2 heteroatoms. The van der Waals surface area contributed by atoms with Crippen LogP contribution < -0.4 is 5.32 Å². The first-order valence-corrected chi connectivity index (χ1v) is 6.95. The lowest BCUT2D eigenvalue weighted by Crippen LogP contribution is -2.34. The van der Waals surface area contributed by atoms with Crippen molar-refractivity contribution >= 4 is 11.3 Å². The molecule has 1 fully saturated rings. The second-order valence-electron chi connectivity index (χ2n) is 4.72. The maximum absolute atomic E-state index is 3.71. The molecule has 1 aliphatic carbocycles. The molecule has 0 amide bonds. The minimum Gasteiger partial charge on any atom is -0.313 e. The van der Waals surface area contributed by atoms with Gasteiger partial charge in [-0.2, -0.15) is 0 Å². The molecule has 2 rings (SSSR count). The fourth-order valence-electron chi connectivity index (χ4n) is 2.26. The average Bonchev–Trinajstić information content (AvgIpc) is 2.77. The highest BCUT2D eigenvalue weighted by Gasteiger charge is 2.38. The van der Waals surface area contributed by atoms with Gasteiger partial charge in [-0.25, -0.2) is 0 Å². The molecule has 3 unspecified atom stereocenters. The van der Waals surface area contributed by atoms with Crippen molar-refractivity contribution in [2.45, 2.75) is 39.2 Å². The van der Waals surface area contributed by atoms with Crippen molar-refractivity contribution in [2.24, 2.45) is 11.8 Å². The summed E-state index contributed by atoms with van der Waals surface area (Å²) in [5.74, 6) is 1.87. The molecule has 0 bridgehead atoms. The van der Waals surface area contributed by atoms with Crippen molar-refractivity contribution in [1.29, 1.82) is 0 Å². The van der Waals surface area contributed by atoms with Crippen LogP contribution in [-0.2, 0) is 6.42 Å². The second-order valence-corrected chi connectivity index (χ2v) is 5.75. The predicted molar refractivity (Wildman–Crippen MR) is 67.4 cm³/mol. The molecule has 1 aromatic heterocycles. The summed E-state index contributed by atoms with van der Waals surface area (Å²) in [6, 6.07) is 5.14. The van der Waals surface area contributed by atoms with Crippen LogP contribution in [0.5, 0.6) is 0 Å². The van der Waals surface area contributed by atoms with Gasteiger partial charge in [0.25, 0.3) is 0 Å². The van der Waals surface area contributed by atoms with Gasteiger partial charge in [-0.1, -0.05) is 19.9 Å². The Bertz CT molecular complexity index is 281. The smallest absolute Gasteiger partial charge is 0.0146 e. The summed E-state index contributed by atoms with van der Waals surface area (Å²) in [5, 5.41) is 5.89. The first-order chi connectivity index (χ1) is 7.31. The van der Waals surface area contributed by atoms with E-state index in [4.69, 9.17) is 0 Å². The normalized spacial score (nSPS) is 26.5. The molecule has 0 aromatic carbocycles. The zero-order valence-electron chi connectivity index (χ0n) is 9.70. The van der Waals surface area contributed by atoms with Crippen molar-refractivity contribution in [3.63, 3.8) is 0 Å². The van der Waals surface area contributed by atoms with Gasteiger partial charge in [0.2, 0.25) is 0 Å². The van der Waals surface area contributed by atoms with Crippen LogP contribution in [0.1, 0.15) is 31.6 Å². The molecular formula is C13H21NS. The fraction of sp³-hybridized carbons (Fsp3) is 0.692. The van der Waals surface area contributed by atoms with E-state index in [0.29, 0.717) is 0 Å². The Balaban J connectivity index is 1.87. The average molecular weight is 223 g/mol. The number of rotatable bonds is 6. The predicted octanol–water partition coefficient (Wildman–Crippen LogP) is 3.31. The van der Waals surface area contributed by atoms with Gasteiger partial charge >= 0.3 is 0 Å². The highest BCUT2D eigenvalue weighted by Crippen LogP contribution is 2.41. The van der Waals surface area contributed by atoms with Gasteiger partial charge in [0.15, 0.2) is 0 Å². The Labute approximate surface area is 96.9 Å². The Morgan fingerprint density at radius 1 is 1.60 bits per heavy atom. The zero-order chi connectivity index (χ0) is 10.7. The molecule has 1 nitrogen and oxygen atoms in total. The topological polar surface area (TPSA) is 12.0 Å². The highest BCUT2D eigenvalue weighted by molar-refractivity contribution is 7.09. The van der Waals surface area contributed by atoms with E-state index >= 15 is 0 Å². The Hall–Kier alpha value is -0.340. The summed E-state index contributed by atoms with van der Waals surface area (Å²) in [6.45, 7) is 5.78. The fourth-order valence-corrected chi connectivity index (χ4v) is 3.03. The standard InChI is InChI=1S/C13H21NS/c1-3-6-14-13(12-8-10(12)2)9-11-5-4-7-15-11/h4-5,7,10,12-14H,3,6,8-9H2,1-2H3. The number of thiophene rings is 1. The molecular weight excluding hydrogens is 202 g/mol. The maximum Gasteiger partial charge on any atom is 0.0146 e. The van der Waals surface area contributed by atoms with Crippen molar-refractivity contribution in [3.05, 3.63) is 22.4 Å². The van der Waals surface area contributed by atoms with Crippen LogP contribution in [0, 0.1) is 11.8 Å². The summed E-state index contributed by atoms with van der Waals surface area (Å²) in [5.41, 5.74) is 0. The molecule has 3 atom stereocenters. The van der Waals surface area contributed by atoms with Crippen LogP contribution >= 0.6 is 11.3 Å². The molecule has 84 valence electrons. The van der Waals surface area contributed by atoms with Crippen molar-refractivity contribution in [1.82, 2.24) is 5.32 Å².